The molecule has 0 saturated heterocycles. The number of rotatable bonds is 8. The average molecular weight is 341 g/mol. The molecule has 2 N–H and O–H groups in total. The summed E-state index contributed by atoms with van der Waals surface area (Å²) in [5.41, 5.74) is 1.28. The molecule has 134 valence electrons. The first-order valence-electron chi connectivity index (χ1n) is 8.95. The fraction of sp³-hybridized carbons (Fsp3) is 0.450. The van der Waals surface area contributed by atoms with Gasteiger partial charge in [0.25, 0.3) is 0 Å². The van der Waals surface area contributed by atoms with Crippen LogP contribution in [0.4, 0.5) is 0 Å². The minimum Gasteiger partial charge on any atom is -0.497 e. The number of nitrogens with zero attached hydrogens (tertiary/aromatic N) is 1. The Hall–Kier alpha value is -2.43. The predicted molar refractivity (Wildman–Crippen MR) is 100 cm³/mol. The van der Waals surface area contributed by atoms with Crippen LogP contribution >= 0.6 is 0 Å². The molecule has 0 bridgehead atoms. The Morgan fingerprint density at radius 2 is 2.04 bits per heavy atom. The van der Waals surface area contributed by atoms with Crippen molar-refractivity contribution in [2.45, 2.75) is 32.2 Å². The number of methoxy groups -OCH3 is 1. The number of ether oxygens (including phenoxy) is 1. The van der Waals surface area contributed by atoms with Gasteiger partial charge in [-0.15, -0.1) is 0 Å². The van der Waals surface area contributed by atoms with E-state index in [4.69, 9.17) is 9.15 Å². The van der Waals surface area contributed by atoms with E-state index >= 15 is 0 Å². The lowest BCUT2D eigenvalue weighted by molar-refractivity contribution is 0.414. The Balaban J connectivity index is 1.47. The molecule has 5 heteroatoms. The van der Waals surface area contributed by atoms with Gasteiger partial charge in [0.05, 0.1) is 13.4 Å². The Morgan fingerprint density at radius 3 is 2.68 bits per heavy atom. The molecule has 2 unspecified atom stereocenters. The van der Waals surface area contributed by atoms with Crippen LogP contribution in [0.5, 0.6) is 5.75 Å². The molecule has 1 aliphatic carbocycles. The van der Waals surface area contributed by atoms with Crippen LogP contribution in [0.25, 0.3) is 0 Å². The van der Waals surface area contributed by atoms with Crippen LogP contribution in [-0.2, 0) is 12.8 Å². The van der Waals surface area contributed by atoms with Crippen molar-refractivity contribution >= 4 is 5.96 Å². The van der Waals surface area contributed by atoms with Gasteiger partial charge in [-0.3, -0.25) is 4.99 Å². The Morgan fingerprint density at radius 1 is 1.24 bits per heavy atom. The van der Waals surface area contributed by atoms with Gasteiger partial charge in [-0.2, -0.15) is 0 Å². The number of guanidine groups is 1. The zero-order valence-corrected chi connectivity index (χ0v) is 15.0. The topological polar surface area (TPSA) is 58.8 Å². The van der Waals surface area contributed by atoms with Crippen LogP contribution in [-0.4, -0.2) is 32.2 Å². The highest BCUT2D eigenvalue weighted by Crippen LogP contribution is 2.28. The summed E-state index contributed by atoms with van der Waals surface area (Å²) in [7, 11) is 1.69. The standard InChI is InChI=1S/C20H27N3O2/c1-15-14-19(15)23-20(22-12-10-18-4-3-13-25-18)21-11-9-16-5-7-17(24-2)8-6-16/h3-8,13,15,19H,9-12,14H2,1-2H3,(H2,21,22,23). The Labute approximate surface area is 149 Å². The number of furan rings is 1. The summed E-state index contributed by atoms with van der Waals surface area (Å²) in [6.07, 6.45) is 4.69. The molecule has 1 fully saturated rings. The van der Waals surface area contributed by atoms with Crippen molar-refractivity contribution in [1.29, 1.82) is 0 Å². The van der Waals surface area contributed by atoms with Crippen molar-refractivity contribution in [1.82, 2.24) is 10.6 Å². The van der Waals surface area contributed by atoms with Crippen molar-refractivity contribution < 1.29 is 9.15 Å². The van der Waals surface area contributed by atoms with Crippen molar-refractivity contribution in [3.8, 4) is 5.75 Å². The molecular formula is C20H27N3O2. The molecule has 25 heavy (non-hydrogen) atoms. The van der Waals surface area contributed by atoms with Crippen LogP contribution in [0.15, 0.2) is 52.1 Å². The van der Waals surface area contributed by atoms with E-state index in [0.29, 0.717) is 12.6 Å². The first-order valence-corrected chi connectivity index (χ1v) is 8.95. The third-order valence-electron chi connectivity index (χ3n) is 4.50. The van der Waals surface area contributed by atoms with Gasteiger partial charge in [0.1, 0.15) is 11.5 Å². The average Bonchev–Trinajstić information content (AvgIpc) is 3.09. The molecule has 5 nitrogen and oxygen atoms in total. The summed E-state index contributed by atoms with van der Waals surface area (Å²) in [6.45, 7) is 3.82. The number of hydrogen-bond acceptors (Lipinski definition) is 3. The van der Waals surface area contributed by atoms with E-state index < -0.39 is 0 Å². The number of nitrogens with one attached hydrogen (secondary N) is 2. The molecule has 1 aliphatic rings. The summed E-state index contributed by atoms with van der Waals surface area (Å²) < 4.78 is 10.6. The van der Waals surface area contributed by atoms with E-state index in [1.165, 1.54) is 12.0 Å². The molecule has 0 amide bonds. The lowest BCUT2D eigenvalue weighted by Crippen LogP contribution is -2.40. The molecule has 0 radical (unpaired) electrons. The van der Waals surface area contributed by atoms with Crippen molar-refractivity contribution in [2.24, 2.45) is 10.9 Å². The summed E-state index contributed by atoms with van der Waals surface area (Å²) in [4.78, 5) is 4.69. The quantitative estimate of drug-likeness (QED) is 0.572. The van der Waals surface area contributed by atoms with Gasteiger partial charge in [-0.25, -0.2) is 0 Å². The summed E-state index contributed by atoms with van der Waals surface area (Å²) >= 11 is 0. The van der Waals surface area contributed by atoms with Gasteiger partial charge in [0.2, 0.25) is 0 Å². The van der Waals surface area contributed by atoms with Gasteiger partial charge >= 0.3 is 0 Å². The molecule has 1 saturated carbocycles. The fourth-order valence-electron chi connectivity index (χ4n) is 2.70. The maximum Gasteiger partial charge on any atom is 0.191 e. The third kappa shape index (κ3) is 5.55. The lowest BCUT2D eigenvalue weighted by Gasteiger charge is -2.12. The van der Waals surface area contributed by atoms with Gasteiger partial charge in [-0.1, -0.05) is 19.1 Å². The number of benzene rings is 1. The first kappa shape index (κ1) is 17.4. The van der Waals surface area contributed by atoms with Crippen LogP contribution in [0, 0.1) is 5.92 Å². The second kappa shape index (κ2) is 8.60. The predicted octanol–water partition coefficient (Wildman–Crippen LogP) is 3.02. The van der Waals surface area contributed by atoms with Gasteiger partial charge in [0, 0.05) is 25.6 Å². The van der Waals surface area contributed by atoms with E-state index in [9.17, 15) is 0 Å². The Bertz CT molecular complexity index is 665. The fourth-order valence-corrected chi connectivity index (χ4v) is 2.70. The van der Waals surface area contributed by atoms with Gasteiger partial charge in [-0.05, 0) is 48.6 Å². The molecule has 1 aromatic heterocycles. The van der Waals surface area contributed by atoms with E-state index in [1.54, 1.807) is 13.4 Å². The summed E-state index contributed by atoms with van der Waals surface area (Å²) in [5.74, 6) is 3.50. The first-order chi connectivity index (χ1) is 12.2. The second-order valence-electron chi connectivity index (χ2n) is 6.55. The summed E-state index contributed by atoms with van der Waals surface area (Å²) in [5, 5.41) is 6.96. The monoisotopic (exact) mass is 341 g/mol. The number of hydrogen-bond donors (Lipinski definition) is 2. The van der Waals surface area contributed by atoms with Crippen LogP contribution in [0.1, 0.15) is 24.7 Å². The van der Waals surface area contributed by atoms with Gasteiger partial charge in [0.15, 0.2) is 5.96 Å². The zero-order chi connectivity index (χ0) is 17.5. The maximum absolute atomic E-state index is 5.36. The SMILES string of the molecule is COc1ccc(CCNC(=NCCc2ccco2)NC2CC2C)cc1. The van der Waals surface area contributed by atoms with E-state index in [0.717, 1.165) is 42.8 Å². The second-order valence-corrected chi connectivity index (χ2v) is 6.55. The normalized spacial score (nSPS) is 19.5. The van der Waals surface area contributed by atoms with Crippen molar-refractivity contribution in [3.63, 3.8) is 0 Å². The molecule has 0 spiro atoms. The molecule has 0 aliphatic heterocycles. The Kier molecular flexibility index (Phi) is 5.99. The van der Waals surface area contributed by atoms with Crippen molar-refractivity contribution in [2.75, 3.05) is 20.2 Å². The van der Waals surface area contributed by atoms with E-state index in [1.807, 2.05) is 24.3 Å². The molecule has 1 aromatic carbocycles. The highest BCUT2D eigenvalue weighted by atomic mass is 16.5. The van der Waals surface area contributed by atoms with Crippen LogP contribution in [0.2, 0.25) is 0 Å². The molecule has 2 atom stereocenters. The van der Waals surface area contributed by atoms with Crippen molar-refractivity contribution in [3.05, 3.63) is 54.0 Å². The molecule has 1 heterocycles. The lowest BCUT2D eigenvalue weighted by atomic mass is 10.1. The molecule has 2 aromatic rings. The highest BCUT2D eigenvalue weighted by Gasteiger charge is 2.33. The highest BCUT2D eigenvalue weighted by molar-refractivity contribution is 5.80. The van der Waals surface area contributed by atoms with Crippen LogP contribution < -0.4 is 15.4 Å². The zero-order valence-electron chi connectivity index (χ0n) is 15.0. The minimum atomic E-state index is 0.552. The molecule has 3 rings (SSSR count). The smallest absolute Gasteiger partial charge is 0.191 e. The maximum atomic E-state index is 5.36. The minimum absolute atomic E-state index is 0.552. The van der Waals surface area contributed by atoms with E-state index in [-0.39, 0.29) is 0 Å². The largest absolute Gasteiger partial charge is 0.497 e. The van der Waals surface area contributed by atoms with E-state index in [2.05, 4.69) is 34.7 Å². The molecular weight excluding hydrogens is 314 g/mol. The number of aliphatic imine (C=N–C) groups is 1. The third-order valence-corrected chi connectivity index (χ3v) is 4.50. The van der Waals surface area contributed by atoms with Gasteiger partial charge < -0.3 is 19.8 Å². The summed E-state index contributed by atoms with van der Waals surface area (Å²) in [6, 6.07) is 12.7. The van der Waals surface area contributed by atoms with Crippen LogP contribution in [0.3, 0.4) is 0 Å².